The Morgan fingerprint density at radius 3 is 2.38 bits per heavy atom. The molecule has 0 saturated carbocycles. The van der Waals surface area contributed by atoms with Crippen molar-refractivity contribution in [2.24, 2.45) is 0 Å². The number of nitrogens with one attached hydrogen (secondary N) is 1. The molecule has 6 rings (SSSR count). The first-order chi connectivity index (χ1) is 22.9. The molecule has 248 valence electrons. The van der Waals surface area contributed by atoms with Crippen LogP contribution < -0.4 is 19.7 Å². The van der Waals surface area contributed by atoms with Crippen molar-refractivity contribution in [2.45, 2.75) is 50.8 Å². The quantitative estimate of drug-likeness (QED) is 0.218. The number of amides is 3. The number of imide groups is 1. The fourth-order valence-electron chi connectivity index (χ4n) is 7.03. The number of methoxy groups -OCH3 is 2. The van der Waals surface area contributed by atoms with Crippen LogP contribution in [-0.2, 0) is 9.53 Å². The molecule has 3 atom stereocenters. The topological polar surface area (TPSA) is 101 Å². The molecule has 0 aliphatic carbocycles. The number of hydrogen-bond donors (Lipinski definition) is 1. The minimum Gasteiger partial charge on any atom is -0.493 e. The Hall–Kier alpha value is -4.41. The van der Waals surface area contributed by atoms with Crippen molar-refractivity contribution < 1.29 is 28.6 Å². The summed E-state index contributed by atoms with van der Waals surface area (Å²) in [5, 5.41) is 2.97. The highest BCUT2D eigenvalue weighted by molar-refractivity contribution is 6.24. The van der Waals surface area contributed by atoms with Crippen molar-refractivity contribution in [1.29, 1.82) is 0 Å². The lowest BCUT2D eigenvalue weighted by atomic mass is 9.99. The fourth-order valence-corrected chi connectivity index (χ4v) is 7.03. The number of anilines is 1. The maximum absolute atomic E-state index is 14.4. The SMILES string of the molecule is COc1ccc(C(CCCNC(=O)[C@H]2CCCO2)N2C(=O)c3cccc(N4CCN([C@H](C)c5ccccc5)CC4)c3C2=O)cc1OC. The van der Waals surface area contributed by atoms with E-state index in [9.17, 15) is 14.4 Å². The number of piperazine rings is 1. The van der Waals surface area contributed by atoms with Crippen molar-refractivity contribution in [3.63, 3.8) is 0 Å². The number of rotatable bonds is 12. The Balaban J connectivity index is 1.22. The van der Waals surface area contributed by atoms with Crippen LogP contribution in [0.1, 0.15) is 76.5 Å². The molecule has 10 heteroatoms. The minimum atomic E-state index is -0.571. The Labute approximate surface area is 276 Å². The lowest BCUT2D eigenvalue weighted by Crippen LogP contribution is -2.47. The number of fused-ring (bicyclic) bond motifs is 1. The molecule has 0 aromatic heterocycles. The van der Waals surface area contributed by atoms with E-state index in [0.717, 1.165) is 50.3 Å². The highest BCUT2D eigenvalue weighted by atomic mass is 16.5. The molecule has 10 nitrogen and oxygen atoms in total. The van der Waals surface area contributed by atoms with Crippen molar-refractivity contribution in [1.82, 2.24) is 15.1 Å². The minimum absolute atomic E-state index is 0.117. The first-order valence-corrected chi connectivity index (χ1v) is 16.6. The summed E-state index contributed by atoms with van der Waals surface area (Å²) >= 11 is 0. The normalized spacial score (nSPS) is 19.4. The number of carbonyl (C=O) groups is 3. The second kappa shape index (κ2) is 14.6. The van der Waals surface area contributed by atoms with Gasteiger partial charge in [0.1, 0.15) is 6.10 Å². The Morgan fingerprint density at radius 2 is 1.68 bits per heavy atom. The molecule has 0 radical (unpaired) electrons. The van der Waals surface area contributed by atoms with Crippen molar-refractivity contribution >= 4 is 23.4 Å². The van der Waals surface area contributed by atoms with Gasteiger partial charge in [-0.25, -0.2) is 0 Å². The number of carbonyl (C=O) groups excluding carboxylic acids is 3. The van der Waals surface area contributed by atoms with Crippen LogP contribution in [0.15, 0.2) is 66.7 Å². The zero-order chi connectivity index (χ0) is 32.9. The van der Waals surface area contributed by atoms with Crippen molar-refractivity contribution in [3.8, 4) is 11.5 Å². The van der Waals surface area contributed by atoms with Gasteiger partial charge in [0.25, 0.3) is 11.8 Å². The van der Waals surface area contributed by atoms with Gasteiger partial charge in [0.05, 0.1) is 37.1 Å². The summed E-state index contributed by atoms with van der Waals surface area (Å²) in [6.07, 6.45) is 2.20. The van der Waals surface area contributed by atoms with Crippen LogP contribution in [0, 0.1) is 0 Å². The summed E-state index contributed by atoms with van der Waals surface area (Å²) < 4.78 is 16.5. The van der Waals surface area contributed by atoms with Gasteiger partial charge in [0.15, 0.2) is 11.5 Å². The molecule has 0 bridgehead atoms. The molecular weight excluding hydrogens is 596 g/mol. The van der Waals surface area contributed by atoms with Crippen LogP contribution in [0.25, 0.3) is 0 Å². The fraction of sp³-hybridized carbons (Fsp3) is 0.432. The Kier molecular flexibility index (Phi) is 10.1. The van der Waals surface area contributed by atoms with Gasteiger partial charge in [-0.15, -0.1) is 0 Å². The molecule has 3 aromatic rings. The maximum atomic E-state index is 14.4. The molecule has 3 aliphatic rings. The summed E-state index contributed by atoms with van der Waals surface area (Å²) in [4.78, 5) is 47.1. The number of ether oxygens (including phenoxy) is 3. The average molecular weight is 641 g/mol. The second-order valence-electron chi connectivity index (χ2n) is 12.4. The summed E-state index contributed by atoms with van der Waals surface area (Å²) in [5.74, 6) is 0.342. The summed E-state index contributed by atoms with van der Waals surface area (Å²) in [5.41, 5.74) is 3.72. The van der Waals surface area contributed by atoms with Crippen molar-refractivity contribution in [2.75, 3.05) is 58.5 Å². The van der Waals surface area contributed by atoms with Gasteiger partial charge in [0.2, 0.25) is 5.91 Å². The van der Waals surface area contributed by atoms with Crippen LogP contribution in [0.4, 0.5) is 5.69 Å². The molecule has 2 saturated heterocycles. The van der Waals surface area contributed by atoms with E-state index in [4.69, 9.17) is 14.2 Å². The smallest absolute Gasteiger partial charge is 0.264 e. The van der Waals surface area contributed by atoms with Crippen LogP contribution in [0.2, 0.25) is 0 Å². The lowest BCUT2D eigenvalue weighted by molar-refractivity contribution is -0.130. The van der Waals surface area contributed by atoms with E-state index in [1.54, 1.807) is 26.4 Å². The van der Waals surface area contributed by atoms with E-state index in [0.29, 0.717) is 48.6 Å². The van der Waals surface area contributed by atoms with Gasteiger partial charge in [-0.2, -0.15) is 0 Å². The molecular formula is C37H44N4O6. The first kappa shape index (κ1) is 32.5. The average Bonchev–Trinajstić information content (AvgIpc) is 3.75. The molecule has 1 N–H and O–H groups in total. The molecule has 47 heavy (non-hydrogen) atoms. The largest absolute Gasteiger partial charge is 0.493 e. The summed E-state index contributed by atoms with van der Waals surface area (Å²) in [6, 6.07) is 21.3. The van der Waals surface area contributed by atoms with Gasteiger partial charge < -0.3 is 24.4 Å². The van der Waals surface area contributed by atoms with Crippen LogP contribution in [0.3, 0.4) is 0 Å². The van der Waals surface area contributed by atoms with Crippen LogP contribution in [0.5, 0.6) is 11.5 Å². The Morgan fingerprint density at radius 1 is 0.915 bits per heavy atom. The zero-order valence-corrected chi connectivity index (χ0v) is 27.4. The molecule has 3 aromatic carbocycles. The number of hydrogen-bond acceptors (Lipinski definition) is 8. The van der Waals surface area contributed by atoms with Gasteiger partial charge in [-0.1, -0.05) is 42.5 Å². The van der Waals surface area contributed by atoms with E-state index in [-0.39, 0.29) is 23.8 Å². The highest BCUT2D eigenvalue weighted by Gasteiger charge is 2.43. The van der Waals surface area contributed by atoms with E-state index in [1.165, 1.54) is 10.5 Å². The predicted octanol–water partition coefficient (Wildman–Crippen LogP) is 5.00. The van der Waals surface area contributed by atoms with E-state index < -0.39 is 12.1 Å². The van der Waals surface area contributed by atoms with E-state index in [1.807, 2.05) is 30.3 Å². The second-order valence-corrected chi connectivity index (χ2v) is 12.4. The third-order valence-corrected chi connectivity index (χ3v) is 9.69. The van der Waals surface area contributed by atoms with Gasteiger partial charge in [0, 0.05) is 45.4 Å². The number of nitrogens with zero attached hydrogens (tertiary/aromatic N) is 3. The molecule has 3 amide bonds. The molecule has 1 unspecified atom stereocenters. The monoisotopic (exact) mass is 640 g/mol. The van der Waals surface area contributed by atoms with Crippen LogP contribution in [-0.4, -0.2) is 87.2 Å². The maximum Gasteiger partial charge on any atom is 0.264 e. The highest BCUT2D eigenvalue weighted by Crippen LogP contribution is 2.40. The van der Waals surface area contributed by atoms with Gasteiger partial charge in [-0.05, 0) is 68.0 Å². The molecule has 0 spiro atoms. The number of benzene rings is 3. The molecule has 3 aliphatic heterocycles. The van der Waals surface area contributed by atoms with Crippen molar-refractivity contribution in [3.05, 3.63) is 89.0 Å². The van der Waals surface area contributed by atoms with Gasteiger partial charge >= 0.3 is 0 Å². The summed E-state index contributed by atoms with van der Waals surface area (Å²) in [7, 11) is 3.13. The van der Waals surface area contributed by atoms with Gasteiger partial charge in [-0.3, -0.25) is 24.2 Å². The Bertz CT molecular complexity index is 1580. The standard InChI is InChI=1S/C37H44N4O6/c1-25(26-10-5-4-6-11-26)39-19-21-40(22-20-39)30-13-7-12-28-34(30)37(44)41(36(28)43)29(27-16-17-31(45-2)33(24-27)46-3)14-8-18-38-35(42)32-15-9-23-47-32/h4-7,10-13,16-17,24-25,29,32H,8-9,14-15,18-23H2,1-3H3,(H,38,42)/t25-,29?,32-/m1/s1. The molecule has 2 fully saturated rings. The first-order valence-electron chi connectivity index (χ1n) is 16.6. The zero-order valence-electron chi connectivity index (χ0n) is 27.4. The summed E-state index contributed by atoms with van der Waals surface area (Å²) in [6.45, 7) is 6.42. The molecule has 3 heterocycles. The van der Waals surface area contributed by atoms with Crippen LogP contribution >= 0.6 is 0 Å². The third-order valence-electron chi connectivity index (χ3n) is 9.69. The third kappa shape index (κ3) is 6.71. The lowest BCUT2D eigenvalue weighted by Gasteiger charge is -2.39. The predicted molar refractivity (Wildman–Crippen MR) is 179 cm³/mol. The van der Waals surface area contributed by atoms with E-state index in [2.05, 4.69) is 46.3 Å². The van der Waals surface area contributed by atoms with E-state index >= 15 is 0 Å².